The van der Waals surface area contributed by atoms with Crippen LogP contribution in [-0.4, -0.2) is 47.9 Å². The third kappa shape index (κ3) is 3.09. The SMILES string of the molecule is O=C(C(=O)N1CCOCC1)c1c(-c2ccc3ccccc3c2)[nH]c2ccccc12. The number of aromatic nitrogens is 1. The van der Waals surface area contributed by atoms with Crippen molar-refractivity contribution in [3.8, 4) is 11.3 Å². The summed E-state index contributed by atoms with van der Waals surface area (Å²) in [7, 11) is 0. The van der Waals surface area contributed by atoms with Crippen LogP contribution in [0.2, 0.25) is 0 Å². The lowest BCUT2D eigenvalue weighted by molar-refractivity contribution is -0.130. The average Bonchev–Trinajstić information content (AvgIpc) is 3.18. The minimum atomic E-state index is -0.479. The summed E-state index contributed by atoms with van der Waals surface area (Å²) < 4.78 is 5.31. The number of amides is 1. The van der Waals surface area contributed by atoms with Gasteiger partial charge in [-0.1, -0.05) is 54.6 Å². The number of hydrogen-bond donors (Lipinski definition) is 1. The molecule has 1 saturated heterocycles. The van der Waals surface area contributed by atoms with Crippen molar-refractivity contribution in [1.29, 1.82) is 0 Å². The molecule has 5 heteroatoms. The molecule has 1 aliphatic rings. The van der Waals surface area contributed by atoms with Crippen LogP contribution in [0.4, 0.5) is 0 Å². The highest BCUT2D eigenvalue weighted by Crippen LogP contribution is 2.33. The molecule has 1 fully saturated rings. The van der Waals surface area contributed by atoms with Gasteiger partial charge in [0.05, 0.1) is 24.5 Å². The number of carbonyl (C=O) groups excluding carboxylic acids is 2. The molecule has 4 aromatic rings. The van der Waals surface area contributed by atoms with Gasteiger partial charge in [-0.25, -0.2) is 0 Å². The normalized spacial score (nSPS) is 14.4. The number of hydrogen-bond acceptors (Lipinski definition) is 3. The van der Waals surface area contributed by atoms with Crippen molar-refractivity contribution < 1.29 is 14.3 Å². The molecule has 29 heavy (non-hydrogen) atoms. The third-order valence-electron chi connectivity index (χ3n) is 5.46. The van der Waals surface area contributed by atoms with Crippen LogP contribution in [0.3, 0.4) is 0 Å². The first-order valence-corrected chi connectivity index (χ1v) is 9.73. The third-order valence-corrected chi connectivity index (χ3v) is 5.46. The van der Waals surface area contributed by atoms with E-state index in [4.69, 9.17) is 4.74 Å². The summed E-state index contributed by atoms with van der Waals surface area (Å²) in [5.74, 6) is -0.951. The molecule has 0 aliphatic carbocycles. The number of nitrogens with one attached hydrogen (secondary N) is 1. The second-order valence-corrected chi connectivity index (χ2v) is 7.22. The zero-order valence-corrected chi connectivity index (χ0v) is 15.9. The van der Waals surface area contributed by atoms with E-state index in [9.17, 15) is 9.59 Å². The maximum atomic E-state index is 13.3. The second kappa shape index (κ2) is 7.18. The van der Waals surface area contributed by atoms with Gasteiger partial charge in [-0.2, -0.15) is 0 Å². The standard InChI is InChI=1S/C24H20N2O3/c27-23(24(28)26-11-13-29-14-12-26)21-19-7-3-4-8-20(19)25-22(21)18-10-9-16-5-1-2-6-17(16)15-18/h1-10,15,25H,11-14H2. The maximum absolute atomic E-state index is 13.3. The molecule has 5 rings (SSSR count). The Balaban J connectivity index is 1.65. The number of Topliss-reactive ketones (excluding diaryl/α,β-unsaturated/α-hetero) is 1. The highest BCUT2D eigenvalue weighted by Gasteiger charge is 2.29. The van der Waals surface area contributed by atoms with E-state index in [1.54, 1.807) is 4.90 Å². The van der Waals surface area contributed by atoms with Crippen molar-refractivity contribution in [2.75, 3.05) is 26.3 Å². The fourth-order valence-electron chi connectivity index (χ4n) is 3.96. The van der Waals surface area contributed by atoms with E-state index in [1.807, 2.05) is 54.6 Å². The lowest BCUT2D eigenvalue weighted by Gasteiger charge is -2.26. The maximum Gasteiger partial charge on any atom is 0.295 e. The first kappa shape index (κ1) is 17.6. The van der Waals surface area contributed by atoms with E-state index in [2.05, 4.69) is 17.1 Å². The lowest BCUT2D eigenvalue weighted by atomic mass is 9.98. The molecule has 0 spiro atoms. The van der Waals surface area contributed by atoms with E-state index in [1.165, 1.54) is 0 Å². The minimum Gasteiger partial charge on any atom is -0.378 e. The van der Waals surface area contributed by atoms with Crippen molar-refractivity contribution in [2.45, 2.75) is 0 Å². The summed E-state index contributed by atoms with van der Waals surface area (Å²) >= 11 is 0. The summed E-state index contributed by atoms with van der Waals surface area (Å²) in [6.07, 6.45) is 0. The van der Waals surface area contributed by atoms with Crippen LogP contribution in [0.1, 0.15) is 10.4 Å². The number of nitrogens with zero attached hydrogens (tertiary/aromatic N) is 1. The Hall–Kier alpha value is -3.44. The fourth-order valence-corrected chi connectivity index (χ4v) is 3.96. The minimum absolute atomic E-state index is 0.437. The van der Waals surface area contributed by atoms with Crippen molar-refractivity contribution in [3.63, 3.8) is 0 Å². The Kier molecular flexibility index (Phi) is 4.37. The van der Waals surface area contributed by atoms with Gasteiger partial charge in [-0.15, -0.1) is 0 Å². The molecular formula is C24H20N2O3. The monoisotopic (exact) mass is 384 g/mol. The average molecular weight is 384 g/mol. The lowest BCUT2D eigenvalue weighted by Crippen LogP contribution is -2.44. The van der Waals surface area contributed by atoms with Gasteiger partial charge >= 0.3 is 0 Å². The molecule has 0 saturated carbocycles. The number of fused-ring (bicyclic) bond motifs is 2. The molecule has 144 valence electrons. The molecule has 1 aliphatic heterocycles. The predicted molar refractivity (Wildman–Crippen MR) is 113 cm³/mol. The number of aromatic amines is 1. The summed E-state index contributed by atoms with van der Waals surface area (Å²) in [4.78, 5) is 31.2. The van der Waals surface area contributed by atoms with Gasteiger partial charge in [0.15, 0.2) is 0 Å². The number of morpholine rings is 1. The number of ether oxygens (including phenoxy) is 1. The molecular weight excluding hydrogens is 364 g/mol. The predicted octanol–water partition coefficient (Wildman–Crippen LogP) is 4.03. The van der Waals surface area contributed by atoms with E-state index in [-0.39, 0.29) is 0 Å². The first-order valence-electron chi connectivity index (χ1n) is 9.73. The number of rotatable bonds is 3. The Morgan fingerprint density at radius 2 is 1.59 bits per heavy atom. The number of para-hydroxylation sites is 1. The van der Waals surface area contributed by atoms with Crippen LogP contribution in [-0.2, 0) is 9.53 Å². The summed E-state index contributed by atoms with van der Waals surface area (Å²) in [5.41, 5.74) is 2.85. The van der Waals surface area contributed by atoms with Crippen LogP contribution in [0.25, 0.3) is 32.9 Å². The van der Waals surface area contributed by atoms with Gasteiger partial charge in [0.2, 0.25) is 0 Å². The number of ketones is 1. The smallest absolute Gasteiger partial charge is 0.295 e. The largest absolute Gasteiger partial charge is 0.378 e. The Morgan fingerprint density at radius 3 is 2.41 bits per heavy atom. The Bertz CT molecular complexity index is 1240. The van der Waals surface area contributed by atoms with Gasteiger partial charge in [0, 0.05) is 24.0 Å². The number of benzene rings is 3. The van der Waals surface area contributed by atoms with Crippen molar-refractivity contribution in [3.05, 3.63) is 72.3 Å². The van der Waals surface area contributed by atoms with Crippen LogP contribution in [0, 0.1) is 0 Å². The molecule has 5 nitrogen and oxygen atoms in total. The van der Waals surface area contributed by atoms with Crippen molar-refractivity contribution in [2.24, 2.45) is 0 Å². The molecule has 3 aromatic carbocycles. The molecule has 0 radical (unpaired) electrons. The molecule has 1 amide bonds. The molecule has 0 atom stereocenters. The summed E-state index contributed by atoms with van der Waals surface area (Å²) in [5, 5.41) is 2.98. The second-order valence-electron chi connectivity index (χ2n) is 7.22. The van der Waals surface area contributed by atoms with Crippen LogP contribution >= 0.6 is 0 Å². The van der Waals surface area contributed by atoms with Gasteiger partial charge in [-0.3, -0.25) is 9.59 Å². The molecule has 0 bridgehead atoms. The highest BCUT2D eigenvalue weighted by atomic mass is 16.5. The Morgan fingerprint density at radius 1 is 0.862 bits per heavy atom. The molecule has 2 heterocycles. The highest BCUT2D eigenvalue weighted by molar-refractivity contribution is 6.46. The van der Waals surface area contributed by atoms with Crippen molar-refractivity contribution >= 4 is 33.4 Å². The van der Waals surface area contributed by atoms with E-state index >= 15 is 0 Å². The van der Waals surface area contributed by atoms with Crippen molar-refractivity contribution in [1.82, 2.24) is 9.88 Å². The van der Waals surface area contributed by atoms with Gasteiger partial charge in [-0.05, 0) is 28.5 Å². The molecule has 1 aromatic heterocycles. The number of H-pyrrole nitrogens is 1. The van der Waals surface area contributed by atoms with E-state index in [0.29, 0.717) is 37.6 Å². The summed E-state index contributed by atoms with van der Waals surface area (Å²) in [6.45, 7) is 1.81. The van der Waals surface area contributed by atoms with Crippen LogP contribution < -0.4 is 0 Å². The van der Waals surface area contributed by atoms with Crippen LogP contribution in [0.15, 0.2) is 66.7 Å². The fraction of sp³-hybridized carbons (Fsp3) is 0.167. The van der Waals surface area contributed by atoms with Crippen LogP contribution in [0.5, 0.6) is 0 Å². The first-order chi connectivity index (χ1) is 14.2. The quantitative estimate of drug-likeness (QED) is 0.428. The van der Waals surface area contributed by atoms with Gasteiger partial charge in [0.25, 0.3) is 11.7 Å². The topological polar surface area (TPSA) is 62.4 Å². The Labute approximate surface area is 167 Å². The van der Waals surface area contributed by atoms with Gasteiger partial charge in [0.1, 0.15) is 0 Å². The molecule has 1 N–H and O–H groups in total. The molecule has 0 unspecified atom stereocenters. The van der Waals surface area contributed by atoms with Gasteiger partial charge < -0.3 is 14.6 Å². The number of carbonyl (C=O) groups is 2. The van der Waals surface area contributed by atoms with E-state index < -0.39 is 11.7 Å². The zero-order chi connectivity index (χ0) is 19.8. The zero-order valence-electron chi connectivity index (χ0n) is 15.9. The summed E-state index contributed by atoms with van der Waals surface area (Å²) in [6, 6.07) is 21.8. The van der Waals surface area contributed by atoms with E-state index in [0.717, 1.165) is 27.2 Å².